The Morgan fingerprint density at radius 3 is 0.412 bits per heavy atom. The largest absolute Gasteiger partial charge is 3.00 e. The summed E-state index contributed by atoms with van der Waals surface area (Å²) < 4.78 is 103. The van der Waals surface area contributed by atoms with Crippen molar-refractivity contribution in [3.05, 3.63) is 0 Å². The molecule has 17 heavy (non-hydrogen) atoms. The van der Waals surface area contributed by atoms with Crippen molar-refractivity contribution in [1.29, 1.82) is 0 Å². The van der Waals surface area contributed by atoms with Crippen molar-refractivity contribution >= 4 is 40.1 Å². The first-order valence-electron chi connectivity index (χ1n) is 2.00. The molecule has 106 valence electrons. The summed E-state index contributed by atoms with van der Waals surface area (Å²) in [5.74, 6) is 0. The van der Waals surface area contributed by atoms with Crippen molar-refractivity contribution in [1.82, 2.24) is 0 Å². The molecule has 0 bridgehead atoms. The smallest absolute Gasteiger partial charge is 3.00 e. The fourth-order valence-electron chi connectivity index (χ4n) is 0. The minimum atomic E-state index is -5.75. The van der Waals surface area contributed by atoms with Crippen molar-refractivity contribution < 1.29 is 128 Å². The van der Waals surface area contributed by atoms with Crippen molar-refractivity contribution in [3.8, 4) is 0 Å². The average molecular weight is 743 g/mol. The van der Waals surface area contributed by atoms with Gasteiger partial charge in [-0.2, -0.15) is 0 Å². The zero-order valence-electron chi connectivity index (χ0n) is 6.83. The summed E-state index contributed by atoms with van der Waals surface area (Å²) in [5.41, 5.74) is 0. The van der Waals surface area contributed by atoms with Crippen LogP contribution >= 0.6 is 0 Å². The van der Waals surface area contributed by atoms with E-state index in [1.54, 1.807) is 0 Å². The first kappa shape index (κ1) is 31.9. The summed E-state index contributed by atoms with van der Waals surface area (Å²) in [4.78, 5) is 0. The van der Waals surface area contributed by atoms with E-state index in [1.165, 1.54) is 0 Å². The molecule has 0 rings (SSSR count). The van der Waals surface area contributed by atoms with E-state index >= 15 is 0 Å². The van der Waals surface area contributed by atoms with Crippen molar-refractivity contribution in [3.63, 3.8) is 0 Å². The SMILES string of the molecule is O=[Se](=O)([O-])[O-].O=[Se](=O)([O-])[O-].O=[Se](=O)([O-])[O-].[Gd+3].[Gd+3]. The quantitative estimate of drug-likeness (QED) is 0.210. The van der Waals surface area contributed by atoms with Crippen LogP contribution in [0.25, 0.3) is 0 Å². The molecule has 0 N–H and O–H groups in total. The molecule has 0 amide bonds. The first-order valence-corrected chi connectivity index (χ1v) is 10.4. The minimum Gasteiger partial charge on any atom is 3.00 e. The summed E-state index contributed by atoms with van der Waals surface area (Å²) in [5, 5.41) is 0. The van der Waals surface area contributed by atoms with Crippen LogP contribution < -0.4 is 25.1 Å². The maximum atomic E-state index is 8.59. The van der Waals surface area contributed by atoms with Crippen LogP contribution in [0.1, 0.15) is 0 Å². The Kier molecular flexibility index (Phi) is 25.8. The Hall–Kier alpha value is 2.77. The van der Waals surface area contributed by atoms with E-state index in [0.29, 0.717) is 0 Å². The molecule has 0 aliphatic carbocycles. The van der Waals surface area contributed by atoms with Gasteiger partial charge in [0.15, 0.2) is 0 Å². The van der Waals surface area contributed by atoms with Crippen LogP contribution in [0.5, 0.6) is 0 Å². The molecule has 0 saturated heterocycles. The first-order chi connectivity index (χ1) is 6.00. The number of hydrogen-bond donors (Lipinski definition) is 0. The predicted molar refractivity (Wildman–Crippen MR) is 21.4 cm³/mol. The predicted octanol–water partition coefficient (Wildman–Crippen LogP) is -8.99. The second-order valence-corrected chi connectivity index (χ2v) is 6.36. The van der Waals surface area contributed by atoms with E-state index in [4.69, 9.17) is 48.1 Å². The molecule has 0 saturated carbocycles. The molecule has 0 fully saturated rings. The summed E-state index contributed by atoms with van der Waals surface area (Å²) in [6.07, 6.45) is 0. The second-order valence-electron chi connectivity index (χ2n) is 1.22. The van der Waals surface area contributed by atoms with E-state index in [-0.39, 0.29) is 79.9 Å². The van der Waals surface area contributed by atoms with E-state index < -0.39 is 40.1 Å². The fraction of sp³-hybridized carbons (Fsp3) is 0. The molecule has 0 atom stereocenters. The van der Waals surface area contributed by atoms with Gasteiger partial charge in [-0.1, -0.05) is 0 Å². The van der Waals surface area contributed by atoms with E-state index in [0.717, 1.165) is 0 Å². The van der Waals surface area contributed by atoms with Gasteiger partial charge in [-0.25, -0.2) is 0 Å². The third kappa shape index (κ3) is 689. The van der Waals surface area contributed by atoms with E-state index in [1.807, 2.05) is 0 Å². The van der Waals surface area contributed by atoms with Crippen LogP contribution in [0.15, 0.2) is 0 Å². The molecule has 0 aliphatic heterocycles. The Balaban J connectivity index is -0.0000000400. The van der Waals surface area contributed by atoms with Crippen molar-refractivity contribution in [2.75, 3.05) is 0 Å². The molecule has 0 aromatic carbocycles. The van der Waals surface area contributed by atoms with Crippen LogP contribution in [0.3, 0.4) is 0 Å². The third-order valence-corrected chi connectivity index (χ3v) is 0. The van der Waals surface area contributed by atoms with Gasteiger partial charge in [-0.05, 0) is 0 Å². The van der Waals surface area contributed by atoms with E-state index in [2.05, 4.69) is 0 Å². The molecule has 12 nitrogen and oxygen atoms in total. The summed E-state index contributed by atoms with van der Waals surface area (Å²) in [6, 6.07) is 0. The van der Waals surface area contributed by atoms with Crippen molar-refractivity contribution in [2.45, 2.75) is 0 Å². The number of rotatable bonds is 0. The van der Waals surface area contributed by atoms with Crippen LogP contribution in [0.2, 0.25) is 0 Å². The van der Waals surface area contributed by atoms with Gasteiger partial charge in [0, 0.05) is 0 Å². The molecule has 0 aromatic heterocycles. The number of hydrogen-bond acceptors (Lipinski definition) is 12. The zero-order chi connectivity index (χ0) is 13.5. The second kappa shape index (κ2) is 13.7. The third-order valence-electron chi connectivity index (χ3n) is 0. The van der Waals surface area contributed by atoms with Crippen LogP contribution in [0.4, 0.5) is 0 Å². The topological polar surface area (TPSA) is 241 Å². The van der Waals surface area contributed by atoms with Gasteiger partial charge in [-0.15, -0.1) is 0 Å². The molecule has 0 aliphatic rings. The average Bonchev–Trinajstić information content (AvgIpc) is 1.41. The summed E-state index contributed by atoms with van der Waals surface area (Å²) >= 11 is -17.2. The maximum Gasteiger partial charge on any atom is 3.00 e. The summed E-state index contributed by atoms with van der Waals surface area (Å²) in [6.45, 7) is 0. The van der Waals surface area contributed by atoms with Gasteiger partial charge in [0.25, 0.3) is 0 Å². The summed E-state index contributed by atoms with van der Waals surface area (Å²) in [7, 11) is 0. The van der Waals surface area contributed by atoms with Gasteiger partial charge in [0.1, 0.15) is 0 Å². The Labute approximate surface area is 165 Å². The van der Waals surface area contributed by atoms with Gasteiger partial charge in [-0.3, -0.25) is 0 Å². The van der Waals surface area contributed by atoms with Gasteiger partial charge in [0.05, 0.1) is 0 Å². The molecule has 0 aromatic rings. The Morgan fingerprint density at radius 1 is 0.412 bits per heavy atom. The minimum absolute atomic E-state index is 0. The van der Waals surface area contributed by atoms with Gasteiger partial charge >= 0.3 is 168 Å². The molecule has 0 heterocycles. The molecular formula is Gd2O12Se3. The van der Waals surface area contributed by atoms with Gasteiger partial charge in [0.2, 0.25) is 0 Å². The van der Waals surface area contributed by atoms with Crippen molar-refractivity contribution in [2.24, 2.45) is 0 Å². The Bertz CT molecular complexity index is 341. The Morgan fingerprint density at radius 2 is 0.412 bits per heavy atom. The standard InChI is InChI=1S/2Gd.3H2O4Se/c;;3*1-5(2,3)4/h;;3*(H2,1,2,3,4)/q2*+3;;;/p-6. The van der Waals surface area contributed by atoms with Crippen LogP contribution in [-0.4, -0.2) is 40.1 Å². The monoisotopic (exact) mass is 748 g/mol. The fourth-order valence-corrected chi connectivity index (χ4v) is 0. The normalized spacial score (nSPS) is 10.2. The molecule has 0 unspecified atom stereocenters. The molecule has 17 heteroatoms. The van der Waals surface area contributed by atoms with Crippen LogP contribution in [-0.2, 0) is 23.0 Å². The van der Waals surface area contributed by atoms with Crippen LogP contribution in [0, 0.1) is 79.9 Å². The molecular weight excluding hydrogens is 743 g/mol. The molecule has 2 radical (unpaired) electrons. The van der Waals surface area contributed by atoms with E-state index in [9.17, 15) is 0 Å². The molecule has 0 spiro atoms. The van der Waals surface area contributed by atoms with Gasteiger partial charge < -0.3 is 0 Å². The zero-order valence-corrected chi connectivity index (χ0v) is 16.5. The maximum absolute atomic E-state index is 8.59.